The van der Waals surface area contributed by atoms with E-state index in [-0.39, 0.29) is 0 Å². The average molecular weight is 333 g/mol. The van der Waals surface area contributed by atoms with Gasteiger partial charge in [-0.25, -0.2) is 9.97 Å². The third kappa shape index (κ3) is 2.56. The normalized spacial score (nSPS) is 10.6. The van der Waals surface area contributed by atoms with Gasteiger partial charge in [0.25, 0.3) is 0 Å². The topological polar surface area (TPSA) is 80.9 Å². The molecule has 0 radical (unpaired) electrons. The lowest BCUT2D eigenvalue weighted by Crippen LogP contribution is -1.99. The lowest BCUT2D eigenvalue weighted by molar-refractivity contribution is -0.105. The first-order valence-electron chi connectivity index (χ1n) is 6.31. The van der Waals surface area contributed by atoms with Crippen LogP contribution in [0.2, 0.25) is 10.0 Å². The van der Waals surface area contributed by atoms with Crippen LogP contribution in [0.3, 0.4) is 0 Å². The molecule has 3 rings (SSSR count). The van der Waals surface area contributed by atoms with Crippen molar-refractivity contribution in [3.05, 3.63) is 46.6 Å². The lowest BCUT2D eigenvalue weighted by atomic mass is 10.1. The van der Waals surface area contributed by atoms with Crippen LogP contribution in [0.1, 0.15) is 0 Å². The number of hydrogen-bond acceptors (Lipinski definition) is 4. The number of carbonyl (C=O) groups is 1. The lowest BCUT2D eigenvalue weighted by Gasteiger charge is -2.10. The number of amides is 1. The van der Waals surface area contributed by atoms with Crippen molar-refractivity contribution in [3.63, 3.8) is 0 Å². The summed E-state index contributed by atoms with van der Waals surface area (Å²) in [6.45, 7) is 0. The van der Waals surface area contributed by atoms with Crippen molar-refractivity contribution in [1.29, 1.82) is 0 Å². The molecule has 0 aliphatic carbocycles. The number of halogens is 2. The molecule has 0 spiro atoms. The van der Waals surface area contributed by atoms with Crippen molar-refractivity contribution in [3.8, 4) is 11.3 Å². The molecule has 0 aliphatic heterocycles. The van der Waals surface area contributed by atoms with Crippen molar-refractivity contribution in [2.75, 3.05) is 11.1 Å². The second-order valence-electron chi connectivity index (χ2n) is 4.54. The fourth-order valence-electron chi connectivity index (χ4n) is 2.18. The summed E-state index contributed by atoms with van der Waals surface area (Å²) in [7, 11) is 0. The summed E-state index contributed by atoms with van der Waals surface area (Å²) in [5.41, 5.74) is 7.16. The maximum atomic E-state index is 10.5. The number of pyridine rings is 2. The Morgan fingerprint density at radius 2 is 1.91 bits per heavy atom. The summed E-state index contributed by atoms with van der Waals surface area (Å²) in [6.07, 6.45) is 2.12. The minimum atomic E-state index is 0.314. The molecule has 110 valence electrons. The first-order valence-corrected chi connectivity index (χ1v) is 7.06. The summed E-state index contributed by atoms with van der Waals surface area (Å²) in [4.78, 5) is 19.0. The van der Waals surface area contributed by atoms with Crippen LogP contribution < -0.4 is 11.1 Å². The minimum absolute atomic E-state index is 0.314. The van der Waals surface area contributed by atoms with Crippen molar-refractivity contribution >= 4 is 52.0 Å². The van der Waals surface area contributed by atoms with Crippen molar-refractivity contribution in [1.82, 2.24) is 9.97 Å². The molecule has 2 aromatic heterocycles. The fourth-order valence-corrected chi connectivity index (χ4v) is 2.77. The number of nitrogens with one attached hydrogen (secondary N) is 1. The fraction of sp³-hybridized carbons (Fsp3) is 0. The van der Waals surface area contributed by atoms with Gasteiger partial charge in [0.2, 0.25) is 6.41 Å². The number of nitrogens with zero attached hydrogens (tertiary/aromatic N) is 2. The Morgan fingerprint density at radius 1 is 1.18 bits per heavy atom. The molecule has 0 saturated carbocycles. The van der Waals surface area contributed by atoms with E-state index in [1.165, 1.54) is 0 Å². The Morgan fingerprint density at radius 3 is 2.59 bits per heavy atom. The first-order chi connectivity index (χ1) is 10.6. The second kappa shape index (κ2) is 5.79. The van der Waals surface area contributed by atoms with Gasteiger partial charge in [-0.05, 0) is 29.7 Å². The maximum Gasteiger partial charge on any atom is 0.212 e. The highest BCUT2D eigenvalue weighted by Gasteiger charge is 2.12. The van der Waals surface area contributed by atoms with E-state index >= 15 is 0 Å². The van der Waals surface area contributed by atoms with Gasteiger partial charge < -0.3 is 11.1 Å². The number of aromatic nitrogens is 2. The van der Waals surface area contributed by atoms with Crippen LogP contribution >= 0.6 is 23.2 Å². The van der Waals surface area contributed by atoms with Crippen LogP contribution in [0.15, 0.2) is 36.5 Å². The molecule has 0 fully saturated rings. The van der Waals surface area contributed by atoms with Gasteiger partial charge in [-0.3, -0.25) is 4.79 Å². The van der Waals surface area contributed by atoms with Gasteiger partial charge in [-0.15, -0.1) is 0 Å². The second-order valence-corrected chi connectivity index (χ2v) is 5.36. The molecular weight excluding hydrogens is 323 g/mol. The summed E-state index contributed by atoms with van der Waals surface area (Å²) in [6, 6.07) is 8.73. The van der Waals surface area contributed by atoms with Gasteiger partial charge >= 0.3 is 0 Å². The number of fused-ring (bicyclic) bond motifs is 1. The molecule has 5 nitrogen and oxygen atoms in total. The summed E-state index contributed by atoms with van der Waals surface area (Å²) < 4.78 is 0. The van der Waals surface area contributed by atoms with Gasteiger partial charge in [0.1, 0.15) is 11.6 Å². The van der Waals surface area contributed by atoms with Gasteiger partial charge in [0.15, 0.2) is 0 Å². The summed E-state index contributed by atoms with van der Waals surface area (Å²) in [5, 5.41) is 4.93. The van der Waals surface area contributed by atoms with E-state index in [0.29, 0.717) is 44.7 Å². The first kappa shape index (κ1) is 14.6. The van der Waals surface area contributed by atoms with Crippen molar-refractivity contribution in [2.45, 2.75) is 0 Å². The molecule has 0 atom stereocenters. The SMILES string of the molecule is Nc1nc(-c2c(Cl)cccc2Cl)cc2cc(NC=O)ncc12. The molecule has 0 aliphatic rings. The number of rotatable bonds is 3. The molecule has 22 heavy (non-hydrogen) atoms. The highest BCUT2D eigenvalue weighted by atomic mass is 35.5. The molecule has 3 aromatic rings. The smallest absolute Gasteiger partial charge is 0.212 e. The zero-order valence-electron chi connectivity index (χ0n) is 11.2. The molecule has 1 aromatic carbocycles. The molecule has 3 N–H and O–H groups in total. The van der Waals surface area contributed by atoms with E-state index in [4.69, 9.17) is 28.9 Å². The summed E-state index contributed by atoms with van der Waals surface area (Å²) >= 11 is 12.4. The largest absolute Gasteiger partial charge is 0.383 e. The van der Waals surface area contributed by atoms with E-state index in [1.54, 1.807) is 36.5 Å². The van der Waals surface area contributed by atoms with Gasteiger partial charge in [-0.1, -0.05) is 29.3 Å². The van der Waals surface area contributed by atoms with Crippen molar-refractivity contribution < 1.29 is 4.79 Å². The van der Waals surface area contributed by atoms with Gasteiger partial charge in [0, 0.05) is 17.1 Å². The Balaban J connectivity index is 2.25. The van der Waals surface area contributed by atoms with Crippen LogP contribution in [0.4, 0.5) is 11.6 Å². The number of hydrogen-bond donors (Lipinski definition) is 2. The number of nitrogens with two attached hydrogens (primary N) is 1. The van der Waals surface area contributed by atoms with Crippen LogP contribution in [0.25, 0.3) is 22.0 Å². The number of carbonyl (C=O) groups excluding carboxylic acids is 1. The minimum Gasteiger partial charge on any atom is -0.383 e. The Hall–Kier alpha value is -2.37. The molecule has 1 amide bonds. The number of nitrogen functional groups attached to an aromatic ring is 1. The van der Waals surface area contributed by atoms with Crippen LogP contribution in [0.5, 0.6) is 0 Å². The monoisotopic (exact) mass is 332 g/mol. The Labute approximate surface area is 136 Å². The van der Waals surface area contributed by atoms with Crippen molar-refractivity contribution in [2.24, 2.45) is 0 Å². The standard InChI is InChI=1S/C15H10Cl2N4O/c16-10-2-1-3-11(17)14(10)12-4-8-5-13(20-7-22)19-6-9(8)15(18)21-12/h1-7H,(H2,18,21)(H,19,20,22). The maximum absolute atomic E-state index is 10.5. The Bertz CT molecular complexity index is 863. The van der Waals surface area contributed by atoms with E-state index in [9.17, 15) is 4.79 Å². The molecule has 2 heterocycles. The van der Waals surface area contributed by atoms with E-state index < -0.39 is 0 Å². The van der Waals surface area contributed by atoms with Crippen LogP contribution in [0, 0.1) is 0 Å². The van der Waals surface area contributed by atoms with E-state index in [2.05, 4.69) is 15.3 Å². The Kier molecular flexibility index (Phi) is 3.83. The predicted octanol–water partition coefficient (Wildman–Crippen LogP) is 3.75. The molecular formula is C15H10Cl2N4O. The predicted molar refractivity (Wildman–Crippen MR) is 89.1 cm³/mol. The number of anilines is 2. The van der Waals surface area contributed by atoms with E-state index in [0.717, 1.165) is 5.39 Å². The van der Waals surface area contributed by atoms with Gasteiger partial charge in [-0.2, -0.15) is 0 Å². The van der Waals surface area contributed by atoms with Crippen LogP contribution in [-0.2, 0) is 4.79 Å². The quantitative estimate of drug-likeness (QED) is 0.715. The van der Waals surface area contributed by atoms with Gasteiger partial charge in [0.05, 0.1) is 15.7 Å². The summed E-state index contributed by atoms with van der Waals surface area (Å²) in [5.74, 6) is 0.734. The molecule has 7 heteroatoms. The average Bonchev–Trinajstić information content (AvgIpc) is 2.47. The zero-order chi connectivity index (χ0) is 15.7. The highest BCUT2D eigenvalue weighted by molar-refractivity contribution is 6.39. The third-order valence-corrected chi connectivity index (χ3v) is 3.80. The zero-order valence-corrected chi connectivity index (χ0v) is 12.7. The molecule has 0 saturated heterocycles. The van der Waals surface area contributed by atoms with Crippen LogP contribution in [-0.4, -0.2) is 16.4 Å². The molecule has 0 bridgehead atoms. The van der Waals surface area contributed by atoms with E-state index in [1.807, 2.05) is 0 Å². The highest BCUT2D eigenvalue weighted by Crippen LogP contribution is 2.36. The number of benzene rings is 1. The molecule has 0 unspecified atom stereocenters. The third-order valence-electron chi connectivity index (χ3n) is 3.17.